The van der Waals surface area contributed by atoms with Gasteiger partial charge in [-0.1, -0.05) is 0 Å². The number of aromatic amines is 1. The van der Waals surface area contributed by atoms with Crippen molar-refractivity contribution < 1.29 is 18.3 Å². The SMILES string of the molecule is CNC(=O)N(C)c1cc2c(c(F)c1F)OCCN2Cc1cnc[nH]1. The predicted molar refractivity (Wildman–Crippen MR) is 84.3 cm³/mol. The minimum Gasteiger partial charge on any atom is -0.486 e. The Bertz CT molecular complexity index is 751. The van der Waals surface area contributed by atoms with Gasteiger partial charge in [-0.05, 0) is 6.07 Å². The van der Waals surface area contributed by atoms with Crippen molar-refractivity contribution in [3.8, 4) is 5.75 Å². The van der Waals surface area contributed by atoms with E-state index in [2.05, 4.69) is 15.3 Å². The van der Waals surface area contributed by atoms with Crippen LogP contribution in [0.2, 0.25) is 0 Å². The number of rotatable bonds is 3. The molecule has 24 heavy (non-hydrogen) atoms. The van der Waals surface area contributed by atoms with Gasteiger partial charge in [0.25, 0.3) is 0 Å². The van der Waals surface area contributed by atoms with Gasteiger partial charge in [0, 0.05) is 20.3 Å². The van der Waals surface area contributed by atoms with Gasteiger partial charge in [0.05, 0.1) is 36.5 Å². The quantitative estimate of drug-likeness (QED) is 0.897. The summed E-state index contributed by atoms with van der Waals surface area (Å²) < 4.78 is 34.1. The minimum absolute atomic E-state index is 0.146. The van der Waals surface area contributed by atoms with Gasteiger partial charge in [-0.2, -0.15) is 4.39 Å². The number of benzene rings is 1. The second-order valence-electron chi connectivity index (χ2n) is 5.33. The Labute approximate surface area is 137 Å². The number of anilines is 2. The first kappa shape index (κ1) is 16.0. The zero-order valence-electron chi connectivity index (χ0n) is 13.3. The van der Waals surface area contributed by atoms with Crippen molar-refractivity contribution in [2.24, 2.45) is 0 Å². The molecule has 1 aliphatic rings. The summed E-state index contributed by atoms with van der Waals surface area (Å²) in [7, 11) is 2.78. The van der Waals surface area contributed by atoms with E-state index >= 15 is 0 Å². The van der Waals surface area contributed by atoms with Crippen LogP contribution < -0.4 is 19.9 Å². The lowest BCUT2D eigenvalue weighted by Gasteiger charge is -2.32. The fourth-order valence-corrected chi connectivity index (χ4v) is 2.60. The monoisotopic (exact) mass is 337 g/mol. The molecule has 2 heterocycles. The van der Waals surface area contributed by atoms with Crippen molar-refractivity contribution in [3.63, 3.8) is 0 Å². The maximum Gasteiger partial charge on any atom is 0.321 e. The Morgan fingerprint density at radius 1 is 1.50 bits per heavy atom. The number of H-pyrrole nitrogens is 1. The van der Waals surface area contributed by atoms with Gasteiger partial charge in [-0.15, -0.1) is 0 Å². The number of carbonyl (C=O) groups excluding carboxylic acids is 1. The summed E-state index contributed by atoms with van der Waals surface area (Å²) in [5.41, 5.74) is 1.06. The topological polar surface area (TPSA) is 73.5 Å². The van der Waals surface area contributed by atoms with Crippen molar-refractivity contribution in [1.29, 1.82) is 0 Å². The van der Waals surface area contributed by atoms with Crippen LogP contribution in [0.1, 0.15) is 5.69 Å². The molecule has 2 aromatic rings. The molecule has 2 amide bonds. The molecule has 0 bridgehead atoms. The van der Waals surface area contributed by atoms with E-state index in [9.17, 15) is 13.6 Å². The molecule has 1 aliphatic heterocycles. The van der Waals surface area contributed by atoms with E-state index in [1.54, 1.807) is 12.5 Å². The van der Waals surface area contributed by atoms with Gasteiger partial charge in [0.15, 0.2) is 11.6 Å². The van der Waals surface area contributed by atoms with Gasteiger partial charge in [0.2, 0.25) is 5.82 Å². The molecular weight excluding hydrogens is 320 g/mol. The molecule has 7 nitrogen and oxygen atoms in total. The van der Waals surface area contributed by atoms with Crippen LogP contribution in [-0.2, 0) is 6.54 Å². The second-order valence-corrected chi connectivity index (χ2v) is 5.33. The molecule has 9 heteroatoms. The number of hydrogen-bond donors (Lipinski definition) is 2. The highest BCUT2D eigenvalue weighted by Crippen LogP contribution is 2.40. The molecular formula is C15H17F2N5O2. The van der Waals surface area contributed by atoms with E-state index in [1.807, 2.05) is 4.90 Å². The average Bonchev–Trinajstić information content (AvgIpc) is 3.10. The number of fused-ring (bicyclic) bond motifs is 1. The summed E-state index contributed by atoms with van der Waals surface area (Å²) in [5, 5.41) is 2.38. The summed E-state index contributed by atoms with van der Waals surface area (Å²) in [5.74, 6) is -2.37. The van der Waals surface area contributed by atoms with Crippen molar-refractivity contribution >= 4 is 17.4 Å². The van der Waals surface area contributed by atoms with Crippen molar-refractivity contribution in [3.05, 3.63) is 35.9 Å². The second kappa shape index (κ2) is 6.34. The van der Waals surface area contributed by atoms with Crippen LogP contribution in [-0.4, -0.2) is 43.2 Å². The Balaban J connectivity index is 2.03. The molecule has 0 spiro atoms. The highest BCUT2D eigenvalue weighted by molar-refractivity contribution is 5.92. The van der Waals surface area contributed by atoms with Crippen molar-refractivity contribution in [2.75, 3.05) is 37.0 Å². The van der Waals surface area contributed by atoms with Gasteiger partial charge >= 0.3 is 6.03 Å². The first-order valence-electron chi connectivity index (χ1n) is 7.35. The van der Waals surface area contributed by atoms with Crippen LogP contribution in [0.3, 0.4) is 0 Å². The third-order valence-electron chi connectivity index (χ3n) is 3.87. The van der Waals surface area contributed by atoms with Crippen LogP contribution >= 0.6 is 0 Å². The molecule has 0 fully saturated rings. The zero-order chi connectivity index (χ0) is 17.3. The third-order valence-corrected chi connectivity index (χ3v) is 3.87. The van der Waals surface area contributed by atoms with Crippen molar-refractivity contribution in [1.82, 2.24) is 15.3 Å². The van der Waals surface area contributed by atoms with E-state index in [4.69, 9.17) is 4.74 Å². The molecule has 0 saturated heterocycles. The number of aromatic nitrogens is 2. The van der Waals surface area contributed by atoms with Crippen LogP contribution in [0.4, 0.5) is 25.0 Å². The smallest absolute Gasteiger partial charge is 0.321 e. The lowest BCUT2D eigenvalue weighted by Crippen LogP contribution is -2.37. The normalized spacial score (nSPS) is 13.2. The van der Waals surface area contributed by atoms with Crippen LogP contribution in [0.25, 0.3) is 0 Å². The van der Waals surface area contributed by atoms with E-state index < -0.39 is 17.7 Å². The van der Waals surface area contributed by atoms with Gasteiger partial charge < -0.3 is 19.9 Å². The van der Waals surface area contributed by atoms with E-state index in [0.717, 1.165) is 10.6 Å². The number of nitrogens with one attached hydrogen (secondary N) is 2. The molecule has 3 rings (SSSR count). The number of hydrogen-bond acceptors (Lipinski definition) is 4. The Morgan fingerprint density at radius 3 is 2.96 bits per heavy atom. The fourth-order valence-electron chi connectivity index (χ4n) is 2.60. The van der Waals surface area contributed by atoms with E-state index in [0.29, 0.717) is 18.8 Å². The molecule has 0 saturated carbocycles. The lowest BCUT2D eigenvalue weighted by molar-refractivity contribution is 0.249. The lowest BCUT2D eigenvalue weighted by atomic mass is 10.1. The van der Waals surface area contributed by atoms with Crippen LogP contribution in [0, 0.1) is 11.6 Å². The fraction of sp³-hybridized carbons (Fsp3) is 0.333. The largest absolute Gasteiger partial charge is 0.486 e. The Hall–Kier alpha value is -2.84. The average molecular weight is 337 g/mol. The first-order valence-corrected chi connectivity index (χ1v) is 7.35. The number of carbonyl (C=O) groups is 1. The van der Waals surface area contributed by atoms with E-state index in [1.165, 1.54) is 20.2 Å². The maximum atomic E-state index is 14.4. The summed E-state index contributed by atoms with van der Waals surface area (Å²) in [6, 6.07) is 0.864. The molecule has 0 atom stereocenters. The van der Waals surface area contributed by atoms with Gasteiger partial charge in [0.1, 0.15) is 6.61 Å². The highest BCUT2D eigenvalue weighted by Gasteiger charge is 2.29. The number of urea groups is 1. The van der Waals surface area contributed by atoms with Gasteiger partial charge in [-0.3, -0.25) is 4.90 Å². The zero-order valence-corrected chi connectivity index (χ0v) is 13.3. The summed E-state index contributed by atoms with van der Waals surface area (Å²) in [6.07, 6.45) is 3.21. The molecule has 0 aliphatic carbocycles. The minimum atomic E-state index is -1.12. The molecule has 2 N–H and O–H groups in total. The van der Waals surface area contributed by atoms with E-state index in [-0.39, 0.29) is 18.0 Å². The number of halogens is 2. The highest BCUT2D eigenvalue weighted by atomic mass is 19.2. The molecule has 1 aromatic carbocycles. The number of amides is 2. The molecule has 0 radical (unpaired) electrons. The maximum absolute atomic E-state index is 14.4. The predicted octanol–water partition coefficient (Wildman–Crippen LogP) is 1.86. The third kappa shape index (κ3) is 2.72. The summed E-state index contributed by atoms with van der Waals surface area (Å²) in [4.78, 5) is 21.5. The molecule has 0 unspecified atom stereocenters. The Kier molecular flexibility index (Phi) is 4.24. The molecule has 128 valence electrons. The van der Waals surface area contributed by atoms with Gasteiger partial charge in [-0.25, -0.2) is 14.2 Å². The Morgan fingerprint density at radius 2 is 2.29 bits per heavy atom. The molecule has 1 aromatic heterocycles. The van der Waals surface area contributed by atoms with Crippen LogP contribution in [0.15, 0.2) is 18.6 Å². The summed E-state index contributed by atoms with van der Waals surface area (Å²) in [6.45, 7) is 1.17. The number of nitrogens with zero attached hydrogens (tertiary/aromatic N) is 3. The number of imidazole rings is 1. The number of ether oxygens (including phenoxy) is 1. The standard InChI is InChI=1S/C15H17F2N5O2/c1-18-15(23)21(2)10-5-11-14(13(17)12(10)16)24-4-3-22(11)7-9-6-19-8-20-9/h5-6,8H,3-4,7H2,1-2H3,(H,18,23)(H,19,20). The van der Waals surface area contributed by atoms with Crippen molar-refractivity contribution in [2.45, 2.75) is 6.54 Å². The summed E-state index contributed by atoms with van der Waals surface area (Å²) >= 11 is 0. The first-order chi connectivity index (χ1) is 11.5. The van der Waals surface area contributed by atoms with Crippen LogP contribution in [0.5, 0.6) is 5.75 Å².